The van der Waals surface area contributed by atoms with E-state index in [9.17, 15) is 0 Å². The Bertz CT molecular complexity index is 6230. The van der Waals surface area contributed by atoms with E-state index in [0.717, 1.165) is 126 Å². The first-order valence-electron chi connectivity index (χ1n) is 37.5. The van der Waals surface area contributed by atoms with E-state index in [2.05, 4.69) is 344 Å². The number of hydrogen-bond acceptors (Lipinski definition) is 7. The van der Waals surface area contributed by atoms with Gasteiger partial charge < -0.3 is 13.7 Å². The molecule has 0 aliphatic carbocycles. The predicted molar refractivity (Wildman–Crippen MR) is 479 cm³/mol. The molecule has 0 unspecified atom stereocenters. The molecule has 0 radical (unpaired) electrons. The monoisotopic (exact) mass is 1650 g/mol. The van der Waals surface area contributed by atoms with Crippen LogP contribution >= 0.6 is 47.8 Å². The smallest absolute Gasteiger partial charge is 0.160 e. The molecule has 0 spiro atoms. The number of pyridine rings is 3. The van der Waals surface area contributed by atoms with E-state index in [-0.39, 0.29) is 0 Å². The largest absolute Gasteiger partial charge is 0.309 e. The first kappa shape index (κ1) is 70.7. The van der Waals surface area contributed by atoms with Crippen LogP contribution in [0.1, 0.15) is 0 Å². The highest BCUT2D eigenvalue weighted by molar-refractivity contribution is 9.11. The summed E-state index contributed by atoms with van der Waals surface area (Å²) in [5, 5.41) is 7.44. The van der Waals surface area contributed by atoms with Crippen LogP contribution in [-0.4, -0.2) is 48.6 Å². The third kappa shape index (κ3) is 14.2. The first-order valence-corrected chi connectivity index (χ1v) is 39.8. The summed E-state index contributed by atoms with van der Waals surface area (Å²) in [6.45, 7) is 0. The maximum Gasteiger partial charge on any atom is 0.160 e. The molecule has 0 bridgehead atoms. The molecule has 0 N–H and O–H groups in total. The highest BCUT2D eigenvalue weighted by Gasteiger charge is 2.20. The summed E-state index contributed by atoms with van der Waals surface area (Å²) in [4.78, 5) is 33.8. The highest BCUT2D eigenvalue weighted by Crippen LogP contribution is 2.40. The number of rotatable bonds is 12. The van der Waals surface area contributed by atoms with Crippen molar-refractivity contribution in [1.82, 2.24) is 48.6 Å². The lowest BCUT2D eigenvalue weighted by Crippen LogP contribution is -1.97. The van der Waals surface area contributed by atoms with Crippen molar-refractivity contribution in [1.29, 1.82) is 0 Å². The van der Waals surface area contributed by atoms with Gasteiger partial charge in [0, 0.05) is 109 Å². The number of aromatic nitrogens is 10. The minimum absolute atomic E-state index is 0.710. The molecule has 0 fully saturated rings. The van der Waals surface area contributed by atoms with Crippen LogP contribution < -0.4 is 0 Å². The lowest BCUT2D eigenvalue weighted by molar-refractivity contribution is 1.16. The summed E-state index contributed by atoms with van der Waals surface area (Å²) in [5.41, 5.74) is 25.7. The van der Waals surface area contributed by atoms with Crippen molar-refractivity contribution in [2.24, 2.45) is 0 Å². The molecule has 0 aliphatic heterocycles. The summed E-state index contributed by atoms with van der Waals surface area (Å²) in [5.74, 6) is 1.43. The maximum atomic E-state index is 4.98. The van der Waals surface area contributed by atoms with Gasteiger partial charge in [0.25, 0.3) is 0 Å². The Morgan fingerprint density at radius 3 is 0.798 bits per heavy atom. The fourth-order valence-electron chi connectivity index (χ4n) is 15.2. The quantitative estimate of drug-likeness (QED) is 0.120. The van der Waals surface area contributed by atoms with E-state index < -0.39 is 0 Å². The van der Waals surface area contributed by atoms with Crippen LogP contribution in [0.3, 0.4) is 0 Å². The van der Waals surface area contributed by atoms with Crippen LogP contribution in [0, 0.1) is 0 Å². The number of fused-ring (bicyclic) bond motifs is 9. The Kier molecular flexibility index (Phi) is 19.4. The van der Waals surface area contributed by atoms with Gasteiger partial charge in [0.1, 0.15) is 0 Å². The Morgan fingerprint density at radius 1 is 0.175 bits per heavy atom. The molecule has 0 atom stereocenters. The first-order chi connectivity index (χ1) is 56.2. The molecule has 10 nitrogen and oxygen atoms in total. The molecule has 8 aromatic heterocycles. The standard InChI is InChI=1S/2C34H22BrN3.C33H21BrN4/c35-26-17-20-29-28-13-7-8-14-32(28)38(33(29)21-26)27-18-15-24(16-19-27)31-22-30(23-9-3-1-4-10-23)36-34(37-31)25-11-5-2-6-12-25;35-26-17-20-29-28-13-7-8-14-32(28)38(33(29)21-26)27-18-15-25(16-19-27)34-36-30(23-9-3-1-4-10-23)22-31(37-34)24-11-5-2-6-12-24;34-24-13-16-27-26-7-1-2-10-32(26)38(33(27)21-24)25-14-11-22(12-15-25)23-19-30(28-8-3-5-17-35-28)37-31(20-23)29-9-4-6-18-36-29/h2*1-22H;1-21H. The topological polar surface area (TPSA) is 105 Å². The lowest BCUT2D eigenvalue weighted by Gasteiger charge is -2.11. The second kappa shape index (κ2) is 31.2. The fourth-order valence-corrected chi connectivity index (χ4v) is 16.2. The maximum absolute atomic E-state index is 4.98. The zero-order chi connectivity index (χ0) is 76.4. The van der Waals surface area contributed by atoms with Gasteiger partial charge in [-0.25, -0.2) is 24.9 Å². The molecule has 0 saturated carbocycles. The van der Waals surface area contributed by atoms with Crippen molar-refractivity contribution in [2.75, 3.05) is 0 Å². The summed E-state index contributed by atoms with van der Waals surface area (Å²) in [6, 6.07) is 132. The van der Waals surface area contributed by atoms with Gasteiger partial charge in [-0.1, -0.05) is 278 Å². The van der Waals surface area contributed by atoms with E-state index in [1.54, 1.807) is 12.4 Å². The van der Waals surface area contributed by atoms with Gasteiger partial charge in [-0.3, -0.25) is 9.97 Å². The summed E-state index contributed by atoms with van der Waals surface area (Å²) >= 11 is 11.0. The molecule has 21 rings (SSSR count). The van der Waals surface area contributed by atoms with Crippen molar-refractivity contribution in [3.8, 4) is 119 Å². The Labute approximate surface area is 683 Å². The van der Waals surface area contributed by atoms with E-state index in [0.29, 0.717) is 5.82 Å². The Balaban J connectivity index is 0.000000115. The van der Waals surface area contributed by atoms with Crippen LogP contribution in [0.25, 0.3) is 184 Å². The zero-order valence-corrected chi connectivity index (χ0v) is 65.9. The van der Waals surface area contributed by atoms with Gasteiger partial charge in [-0.15, -0.1) is 0 Å². The van der Waals surface area contributed by atoms with Gasteiger partial charge in [0.2, 0.25) is 0 Å². The average molecular weight is 1660 g/mol. The van der Waals surface area contributed by atoms with E-state index in [1.807, 2.05) is 109 Å². The molecular weight excluding hydrogens is 1590 g/mol. The number of nitrogens with zero attached hydrogens (tertiary/aromatic N) is 10. The molecule has 0 aliphatic rings. The van der Waals surface area contributed by atoms with E-state index in [1.165, 1.54) is 65.4 Å². The highest BCUT2D eigenvalue weighted by atomic mass is 79.9. The molecule has 540 valence electrons. The fraction of sp³-hybridized carbons (Fsp3) is 0. The van der Waals surface area contributed by atoms with Crippen molar-refractivity contribution in [2.45, 2.75) is 0 Å². The van der Waals surface area contributed by atoms with Crippen LogP contribution in [0.5, 0.6) is 0 Å². The minimum atomic E-state index is 0.710. The summed E-state index contributed by atoms with van der Waals surface area (Å²) < 4.78 is 10.1. The molecular formula is C101H65Br3N10. The molecule has 0 saturated heterocycles. The van der Waals surface area contributed by atoms with Crippen LogP contribution in [0.4, 0.5) is 0 Å². The van der Waals surface area contributed by atoms with Crippen LogP contribution in [0.2, 0.25) is 0 Å². The van der Waals surface area contributed by atoms with Gasteiger partial charge in [-0.05, 0) is 163 Å². The zero-order valence-electron chi connectivity index (χ0n) is 61.1. The lowest BCUT2D eigenvalue weighted by atomic mass is 10.0. The molecule has 13 aromatic carbocycles. The van der Waals surface area contributed by atoms with Crippen LogP contribution in [0.15, 0.2) is 408 Å². The van der Waals surface area contributed by atoms with Crippen molar-refractivity contribution in [3.63, 3.8) is 0 Å². The predicted octanol–water partition coefficient (Wildman–Crippen LogP) is 27.4. The average Bonchev–Trinajstić information content (AvgIpc) is 1.60. The Hall–Kier alpha value is -13.7. The van der Waals surface area contributed by atoms with E-state index >= 15 is 0 Å². The Morgan fingerprint density at radius 2 is 0.456 bits per heavy atom. The number of halogens is 3. The van der Waals surface area contributed by atoms with Gasteiger partial charge in [0.05, 0.1) is 78.7 Å². The third-order valence-corrected chi connectivity index (χ3v) is 22.0. The normalized spacial score (nSPS) is 11.3. The molecule has 0 amide bonds. The molecule has 21 aromatic rings. The van der Waals surface area contributed by atoms with Gasteiger partial charge >= 0.3 is 0 Å². The van der Waals surface area contributed by atoms with Crippen LogP contribution in [-0.2, 0) is 0 Å². The van der Waals surface area contributed by atoms with Crippen molar-refractivity contribution < 1.29 is 0 Å². The summed E-state index contributed by atoms with van der Waals surface area (Å²) in [7, 11) is 0. The minimum Gasteiger partial charge on any atom is -0.309 e. The number of para-hydroxylation sites is 3. The molecule has 8 heterocycles. The molecule has 13 heteroatoms. The van der Waals surface area contributed by atoms with Crippen molar-refractivity contribution >= 4 is 113 Å². The second-order valence-corrected chi connectivity index (χ2v) is 30.4. The number of hydrogen-bond donors (Lipinski definition) is 0. The second-order valence-electron chi connectivity index (χ2n) is 27.6. The van der Waals surface area contributed by atoms with Gasteiger partial charge in [-0.2, -0.15) is 0 Å². The summed E-state index contributed by atoms with van der Waals surface area (Å²) in [6.07, 6.45) is 3.59. The molecule has 114 heavy (non-hydrogen) atoms. The van der Waals surface area contributed by atoms with E-state index in [4.69, 9.17) is 24.9 Å². The number of benzene rings is 13. The SMILES string of the molecule is Brc1ccc2c3ccccc3n(-c3ccc(-c4cc(-c5ccccc5)nc(-c5ccccc5)n4)cc3)c2c1.Brc1ccc2c3ccccc3n(-c3ccc(-c4cc(-c5ccccn5)nc(-c5ccccn5)c4)cc3)c2c1.Brc1ccc2c3ccccc3n(-c3ccc(-c4nc(-c5ccccc5)cc(-c5ccccc5)n4)cc3)c2c1. The van der Waals surface area contributed by atoms with Crippen molar-refractivity contribution in [3.05, 3.63) is 408 Å². The van der Waals surface area contributed by atoms with Gasteiger partial charge in [0.15, 0.2) is 11.6 Å². The third-order valence-electron chi connectivity index (χ3n) is 20.5.